The van der Waals surface area contributed by atoms with E-state index in [4.69, 9.17) is 34.8 Å². The fourth-order valence-electron chi connectivity index (χ4n) is 3.10. The number of benzene rings is 2. The molecular formula is C19H19Cl3N2O3S. The zero-order valence-corrected chi connectivity index (χ0v) is 18.0. The average Bonchev–Trinajstić information content (AvgIpc) is 2.67. The number of rotatable bonds is 5. The number of carbonyl (C=O) groups excluding carboxylic acids is 1. The van der Waals surface area contributed by atoms with Gasteiger partial charge in [0.15, 0.2) is 0 Å². The summed E-state index contributed by atoms with van der Waals surface area (Å²) in [7, 11) is -3.67. The lowest BCUT2D eigenvalue weighted by molar-refractivity contribution is -0.132. The van der Waals surface area contributed by atoms with Crippen molar-refractivity contribution in [3.05, 3.63) is 63.1 Å². The maximum absolute atomic E-state index is 12.8. The van der Waals surface area contributed by atoms with Crippen LogP contribution in [-0.4, -0.2) is 49.7 Å². The minimum atomic E-state index is -3.67. The average molecular weight is 462 g/mol. The number of aryl methyl sites for hydroxylation is 1. The molecule has 0 aromatic heterocycles. The van der Waals surface area contributed by atoms with Gasteiger partial charge in [0.1, 0.15) is 4.90 Å². The second kappa shape index (κ2) is 9.01. The summed E-state index contributed by atoms with van der Waals surface area (Å²) >= 11 is 18.1. The van der Waals surface area contributed by atoms with Crippen molar-refractivity contribution >= 4 is 50.7 Å². The molecular weight excluding hydrogens is 443 g/mol. The SMILES string of the molecule is O=C(CCc1ccc(Cl)cc1Cl)N1CCN(S(=O)(=O)c2ccccc2Cl)CC1. The van der Waals surface area contributed by atoms with Crippen molar-refractivity contribution in [2.75, 3.05) is 26.2 Å². The molecule has 150 valence electrons. The summed E-state index contributed by atoms with van der Waals surface area (Å²) in [5, 5.41) is 1.28. The zero-order chi connectivity index (χ0) is 20.3. The Morgan fingerprint density at radius 2 is 1.61 bits per heavy atom. The highest BCUT2D eigenvalue weighted by molar-refractivity contribution is 7.89. The van der Waals surface area contributed by atoms with Crippen molar-refractivity contribution in [2.45, 2.75) is 17.7 Å². The Bertz CT molecular complexity index is 974. The molecule has 28 heavy (non-hydrogen) atoms. The Labute approximate surface area is 179 Å². The summed E-state index contributed by atoms with van der Waals surface area (Å²) < 4.78 is 26.9. The monoisotopic (exact) mass is 460 g/mol. The fraction of sp³-hybridized carbons (Fsp3) is 0.316. The maximum atomic E-state index is 12.8. The van der Waals surface area contributed by atoms with Gasteiger partial charge in [0.05, 0.1) is 5.02 Å². The molecule has 9 heteroatoms. The van der Waals surface area contributed by atoms with Crippen molar-refractivity contribution in [1.29, 1.82) is 0 Å². The third kappa shape index (κ3) is 4.81. The first-order chi connectivity index (χ1) is 13.3. The van der Waals surface area contributed by atoms with Gasteiger partial charge in [-0.2, -0.15) is 4.31 Å². The summed E-state index contributed by atoms with van der Waals surface area (Å²) in [6.45, 7) is 1.16. The van der Waals surface area contributed by atoms with Gasteiger partial charge in [-0.3, -0.25) is 4.79 Å². The molecule has 0 saturated carbocycles. The number of hydrogen-bond acceptors (Lipinski definition) is 3. The predicted molar refractivity (Wildman–Crippen MR) is 112 cm³/mol. The van der Waals surface area contributed by atoms with Gasteiger partial charge in [0, 0.05) is 42.6 Å². The molecule has 0 radical (unpaired) electrons. The molecule has 1 heterocycles. The Morgan fingerprint density at radius 1 is 0.929 bits per heavy atom. The first-order valence-electron chi connectivity index (χ1n) is 8.75. The van der Waals surface area contributed by atoms with E-state index in [1.165, 1.54) is 10.4 Å². The topological polar surface area (TPSA) is 57.7 Å². The number of amides is 1. The highest BCUT2D eigenvalue weighted by Gasteiger charge is 2.31. The van der Waals surface area contributed by atoms with E-state index in [1.807, 2.05) is 6.07 Å². The van der Waals surface area contributed by atoms with Crippen LogP contribution in [0.3, 0.4) is 0 Å². The molecule has 0 unspecified atom stereocenters. The van der Waals surface area contributed by atoms with Crippen LogP contribution in [0, 0.1) is 0 Å². The number of piperazine rings is 1. The van der Waals surface area contributed by atoms with Crippen LogP contribution in [0.15, 0.2) is 47.4 Å². The number of nitrogens with zero attached hydrogens (tertiary/aromatic N) is 2. The molecule has 0 bridgehead atoms. The predicted octanol–water partition coefficient (Wildman–Crippen LogP) is 4.11. The molecule has 0 spiro atoms. The number of hydrogen-bond donors (Lipinski definition) is 0. The van der Waals surface area contributed by atoms with E-state index in [2.05, 4.69) is 0 Å². The minimum Gasteiger partial charge on any atom is -0.340 e. The van der Waals surface area contributed by atoms with Crippen molar-refractivity contribution in [3.8, 4) is 0 Å². The van der Waals surface area contributed by atoms with Gasteiger partial charge in [-0.25, -0.2) is 8.42 Å². The lowest BCUT2D eigenvalue weighted by Crippen LogP contribution is -2.50. The quantitative estimate of drug-likeness (QED) is 0.673. The normalized spacial score (nSPS) is 15.6. The van der Waals surface area contributed by atoms with Crippen LogP contribution in [0.25, 0.3) is 0 Å². The van der Waals surface area contributed by atoms with Crippen LogP contribution in [0.5, 0.6) is 0 Å². The first kappa shape index (κ1) is 21.4. The molecule has 3 rings (SSSR count). The van der Waals surface area contributed by atoms with Gasteiger partial charge >= 0.3 is 0 Å². The number of halogens is 3. The Balaban J connectivity index is 1.57. The second-order valence-electron chi connectivity index (χ2n) is 6.45. The molecule has 1 saturated heterocycles. The summed E-state index contributed by atoms with van der Waals surface area (Å²) in [5.41, 5.74) is 0.861. The molecule has 1 aliphatic rings. The molecule has 2 aromatic rings. The van der Waals surface area contributed by atoms with Gasteiger partial charge in [-0.15, -0.1) is 0 Å². The van der Waals surface area contributed by atoms with Crippen LogP contribution in [0.2, 0.25) is 15.1 Å². The van der Waals surface area contributed by atoms with Gasteiger partial charge in [0.2, 0.25) is 15.9 Å². The molecule has 0 N–H and O–H groups in total. The van der Waals surface area contributed by atoms with Crippen LogP contribution in [-0.2, 0) is 21.2 Å². The minimum absolute atomic E-state index is 0.0270. The molecule has 1 aliphatic heterocycles. The highest BCUT2D eigenvalue weighted by Crippen LogP contribution is 2.25. The second-order valence-corrected chi connectivity index (χ2v) is 9.61. The molecule has 0 aliphatic carbocycles. The fourth-order valence-corrected chi connectivity index (χ4v) is 5.51. The van der Waals surface area contributed by atoms with Crippen LogP contribution < -0.4 is 0 Å². The molecule has 2 aromatic carbocycles. The Morgan fingerprint density at radius 3 is 2.25 bits per heavy atom. The van der Waals surface area contributed by atoms with Crippen molar-refractivity contribution in [2.24, 2.45) is 0 Å². The molecule has 5 nitrogen and oxygen atoms in total. The maximum Gasteiger partial charge on any atom is 0.244 e. The summed E-state index contributed by atoms with van der Waals surface area (Å²) in [6.07, 6.45) is 0.811. The van der Waals surface area contributed by atoms with E-state index in [0.29, 0.717) is 36.0 Å². The van der Waals surface area contributed by atoms with E-state index in [0.717, 1.165) is 5.56 Å². The summed E-state index contributed by atoms with van der Waals surface area (Å²) in [5.74, 6) is -0.0270. The first-order valence-corrected chi connectivity index (χ1v) is 11.3. The van der Waals surface area contributed by atoms with E-state index in [9.17, 15) is 13.2 Å². The molecule has 1 amide bonds. The van der Waals surface area contributed by atoms with Crippen LogP contribution >= 0.6 is 34.8 Å². The summed E-state index contributed by atoms with van der Waals surface area (Å²) in [6, 6.07) is 11.6. The highest BCUT2D eigenvalue weighted by atomic mass is 35.5. The van der Waals surface area contributed by atoms with Crippen LogP contribution in [0.4, 0.5) is 0 Å². The van der Waals surface area contributed by atoms with E-state index < -0.39 is 10.0 Å². The van der Waals surface area contributed by atoms with E-state index in [-0.39, 0.29) is 28.9 Å². The van der Waals surface area contributed by atoms with Gasteiger partial charge in [0.25, 0.3) is 0 Å². The third-order valence-corrected chi connectivity index (χ3v) is 7.65. The van der Waals surface area contributed by atoms with Crippen molar-refractivity contribution < 1.29 is 13.2 Å². The molecule has 1 fully saturated rings. The zero-order valence-electron chi connectivity index (χ0n) is 14.9. The van der Waals surface area contributed by atoms with Crippen LogP contribution in [0.1, 0.15) is 12.0 Å². The van der Waals surface area contributed by atoms with Gasteiger partial charge in [-0.05, 0) is 36.2 Å². The van der Waals surface area contributed by atoms with Crippen molar-refractivity contribution in [1.82, 2.24) is 9.21 Å². The van der Waals surface area contributed by atoms with Gasteiger partial charge < -0.3 is 4.90 Å². The van der Waals surface area contributed by atoms with E-state index in [1.54, 1.807) is 35.2 Å². The lowest BCUT2D eigenvalue weighted by atomic mass is 10.1. The number of carbonyl (C=O) groups is 1. The summed E-state index contributed by atoms with van der Waals surface area (Å²) in [4.78, 5) is 14.3. The third-order valence-electron chi connectivity index (χ3n) is 4.67. The molecule has 0 atom stereocenters. The smallest absolute Gasteiger partial charge is 0.244 e. The Hall–Kier alpha value is -1.31. The number of sulfonamides is 1. The largest absolute Gasteiger partial charge is 0.340 e. The van der Waals surface area contributed by atoms with Crippen molar-refractivity contribution in [3.63, 3.8) is 0 Å². The van der Waals surface area contributed by atoms with E-state index >= 15 is 0 Å². The Kier molecular flexibility index (Phi) is 6.89. The lowest BCUT2D eigenvalue weighted by Gasteiger charge is -2.34. The standard InChI is InChI=1S/C19H19Cl3N2O3S/c20-15-7-5-14(17(22)13-15)6-8-19(25)23-9-11-24(12-10-23)28(26,27)18-4-2-1-3-16(18)21/h1-5,7,13H,6,8-12H2. The van der Waals surface area contributed by atoms with Gasteiger partial charge in [-0.1, -0.05) is 53.0 Å².